The molecule has 0 aliphatic carbocycles. The molecule has 1 aliphatic heterocycles. The molecule has 0 spiro atoms. The van der Waals surface area contributed by atoms with Crippen LogP contribution in [0.25, 0.3) is 6.08 Å². The Balaban J connectivity index is 1.41. The number of halogens is 3. The number of hydrogen-bond acceptors (Lipinski definition) is 5. The normalized spacial score (nSPS) is 14.6. The van der Waals surface area contributed by atoms with Crippen molar-refractivity contribution in [3.05, 3.63) is 93.9 Å². The number of rotatable bonds is 6. The van der Waals surface area contributed by atoms with Crippen LogP contribution in [0.2, 0.25) is 5.02 Å². The molecule has 0 atom stereocenters. The van der Waals surface area contributed by atoms with Gasteiger partial charge < -0.3 is 10.1 Å². The van der Waals surface area contributed by atoms with E-state index in [4.69, 9.17) is 28.6 Å². The lowest BCUT2D eigenvalue weighted by Gasteiger charge is -2.14. The first-order valence-electron chi connectivity index (χ1n) is 9.81. The van der Waals surface area contributed by atoms with Gasteiger partial charge in [0.2, 0.25) is 0 Å². The topological polar surface area (TPSA) is 58.6 Å². The molecule has 1 heterocycles. The van der Waals surface area contributed by atoms with E-state index in [9.17, 15) is 18.4 Å². The number of benzene rings is 3. The maximum absolute atomic E-state index is 13.2. The lowest BCUT2D eigenvalue weighted by molar-refractivity contribution is -0.118. The first-order chi connectivity index (χ1) is 16.3. The predicted octanol–water partition coefficient (Wildman–Crippen LogP) is 6.04. The molecule has 1 aliphatic rings. The lowest BCUT2D eigenvalue weighted by atomic mass is 10.2. The number of anilines is 2. The Hall–Kier alpha value is -3.27. The van der Waals surface area contributed by atoms with Crippen molar-refractivity contribution in [2.75, 3.05) is 16.8 Å². The highest BCUT2D eigenvalue weighted by atomic mass is 35.5. The van der Waals surface area contributed by atoms with Crippen LogP contribution in [0.15, 0.2) is 71.6 Å². The largest absolute Gasteiger partial charge is 0.484 e. The molecule has 0 unspecified atom stereocenters. The number of ether oxygens (including phenoxy) is 1. The monoisotopic (exact) mass is 516 g/mol. The average molecular weight is 517 g/mol. The van der Waals surface area contributed by atoms with Crippen LogP contribution in [-0.2, 0) is 9.59 Å². The Morgan fingerprint density at radius 3 is 2.62 bits per heavy atom. The van der Waals surface area contributed by atoms with Gasteiger partial charge in [-0.15, -0.1) is 0 Å². The van der Waals surface area contributed by atoms with E-state index in [1.165, 1.54) is 41.3 Å². The SMILES string of the molecule is O=C(COc1cccc(/C=C2\SC(=S)N(c3ccc(F)cc3)C2=O)c1)Nc1ccc(F)c(Cl)c1. The second kappa shape index (κ2) is 10.3. The molecule has 5 nitrogen and oxygen atoms in total. The summed E-state index contributed by atoms with van der Waals surface area (Å²) in [7, 11) is 0. The van der Waals surface area contributed by atoms with Crippen LogP contribution in [0.1, 0.15) is 5.56 Å². The first kappa shape index (κ1) is 23.9. The number of carbonyl (C=O) groups is 2. The summed E-state index contributed by atoms with van der Waals surface area (Å²) < 4.78 is 32.3. The molecule has 3 aromatic carbocycles. The number of thioether (sulfide) groups is 1. The Labute approximate surface area is 208 Å². The van der Waals surface area contributed by atoms with Crippen LogP contribution in [-0.4, -0.2) is 22.7 Å². The molecule has 34 heavy (non-hydrogen) atoms. The molecule has 2 amide bonds. The van der Waals surface area contributed by atoms with Gasteiger partial charge in [-0.3, -0.25) is 14.5 Å². The van der Waals surface area contributed by atoms with Crippen molar-refractivity contribution >= 4 is 69.2 Å². The number of thiocarbonyl (C=S) groups is 1. The number of amides is 2. The zero-order chi connectivity index (χ0) is 24.2. The molecule has 10 heteroatoms. The first-order valence-corrected chi connectivity index (χ1v) is 11.4. The molecule has 0 radical (unpaired) electrons. The number of nitrogens with one attached hydrogen (secondary N) is 1. The van der Waals surface area contributed by atoms with E-state index in [1.54, 1.807) is 30.3 Å². The van der Waals surface area contributed by atoms with E-state index >= 15 is 0 Å². The second-order valence-electron chi connectivity index (χ2n) is 7.03. The minimum Gasteiger partial charge on any atom is -0.484 e. The van der Waals surface area contributed by atoms with Gasteiger partial charge in [-0.2, -0.15) is 0 Å². The molecular weight excluding hydrogens is 502 g/mol. The van der Waals surface area contributed by atoms with E-state index in [1.807, 2.05) is 0 Å². The van der Waals surface area contributed by atoms with Crippen LogP contribution in [0, 0.1) is 11.6 Å². The summed E-state index contributed by atoms with van der Waals surface area (Å²) in [6.07, 6.45) is 1.66. The van der Waals surface area contributed by atoms with E-state index in [-0.39, 0.29) is 17.5 Å². The van der Waals surface area contributed by atoms with Crippen LogP contribution < -0.4 is 15.0 Å². The Morgan fingerprint density at radius 1 is 1.12 bits per heavy atom. The summed E-state index contributed by atoms with van der Waals surface area (Å²) in [5, 5.41) is 2.47. The van der Waals surface area contributed by atoms with Gasteiger partial charge in [-0.25, -0.2) is 8.78 Å². The third kappa shape index (κ3) is 5.61. The third-order valence-corrected chi connectivity index (χ3v) is 6.20. The molecular formula is C24H15ClF2N2O3S2. The highest BCUT2D eigenvalue weighted by molar-refractivity contribution is 8.27. The Kier molecular flexibility index (Phi) is 7.26. The van der Waals surface area contributed by atoms with E-state index in [2.05, 4.69) is 5.32 Å². The summed E-state index contributed by atoms with van der Waals surface area (Å²) in [6.45, 7) is -0.287. The van der Waals surface area contributed by atoms with Crippen LogP contribution in [0.3, 0.4) is 0 Å². The highest BCUT2D eigenvalue weighted by Crippen LogP contribution is 2.36. The van der Waals surface area contributed by atoms with Gasteiger partial charge in [0.15, 0.2) is 10.9 Å². The Morgan fingerprint density at radius 2 is 1.88 bits per heavy atom. The lowest BCUT2D eigenvalue weighted by Crippen LogP contribution is -2.27. The molecule has 1 saturated heterocycles. The molecule has 1 N–H and O–H groups in total. The summed E-state index contributed by atoms with van der Waals surface area (Å²) in [6, 6.07) is 16.2. The van der Waals surface area contributed by atoms with Crippen molar-refractivity contribution < 1.29 is 23.1 Å². The van der Waals surface area contributed by atoms with Gasteiger partial charge in [0, 0.05) is 5.69 Å². The summed E-state index contributed by atoms with van der Waals surface area (Å²) >= 11 is 12.2. The summed E-state index contributed by atoms with van der Waals surface area (Å²) in [5.41, 5.74) is 1.50. The summed E-state index contributed by atoms with van der Waals surface area (Å²) in [4.78, 5) is 26.7. The predicted molar refractivity (Wildman–Crippen MR) is 134 cm³/mol. The van der Waals surface area contributed by atoms with Crippen molar-refractivity contribution in [3.63, 3.8) is 0 Å². The van der Waals surface area contributed by atoms with Crippen LogP contribution >= 0.6 is 35.6 Å². The van der Waals surface area contributed by atoms with Crippen LogP contribution in [0.5, 0.6) is 5.75 Å². The molecule has 172 valence electrons. The highest BCUT2D eigenvalue weighted by Gasteiger charge is 2.33. The standard InChI is InChI=1S/C24H15ClF2N2O3S2/c25-19-12-16(6-9-20(19)27)28-22(30)13-32-18-3-1-2-14(10-18)11-21-23(31)29(24(33)34-21)17-7-4-15(26)5-8-17/h1-12H,13H2,(H,28,30)/b21-11-. The fraction of sp³-hybridized carbons (Fsp3) is 0.0417. The maximum Gasteiger partial charge on any atom is 0.270 e. The number of hydrogen-bond donors (Lipinski definition) is 1. The van der Waals surface area contributed by atoms with Crippen molar-refractivity contribution in [2.45, 2.75) is 0 Å². The van der Waals surface area contributed by atoms with E-state index < -0.39 is 17.5 Å². The fourth-order valence-corrected chi connectivity index (χ4v) is 4.53. The molecule has 3 aromatic rings. The second-order valence-corrected chi connectivity index (χ2v) is 9.11. The third-order valence-electron chi connectivity index (χ3n) is 4.61. The van der Waals surface area contributed by atoms with Gasteiger partial charge in [0.25, 0.3) is 11.8 Å². The molecule has 0 saturated carbocycles. The minimum atomic E-state index is -0.581. The average Bonchev–Trinajstić information content (AvgIpc) is 3.08. The minimum absolute atomic E-state index is 0.101. The maximum atomic E-state index is 13.2. The quantitative estimate of drug-likeness (QED) is 0.320. The van der Waals surface area contributed by atoms with Gasteiger partial charge in [0.05, 0.1) is 15.6 Å². The van der Waals surface area contributed by atoms with Gasteiger partial charge in [-0.1, -0.05) is 47.7 Å². The fourth-order valence-electron chi connectivity index (χ4n) is 3.05. The number of nitrogens with zero attached hydrogens (tertiary/aromatic N) is 1. The van der Waals surface area contributed by atoms with Gasteiger partial charge in [-0.05, 0) is 66.2 Å². The Bertz CT molecular complexity index is 1320. The van der Waals surface area contributed by atoms with Gasteiger partial charge in [0.1, 0.15) is 17.4 Å². The van der Waals surface area contributed by atoms with Crippen molar-refractivity contribution in [1.82, 2.24) is 0 Å². The van der Waals surface area contributed by atoms with Gasteiger partial charge >= 0.3 is 0 Å². The van der Waals surface area contributed by atoms with Crippen molar-refractivity contribution in [3.8, 4) is 5.75 Å². The van der Waals surface area contributed by atoms with Crippen molar-refractivity contribution in [1.29, 1.82) is 0 Å². The molecule has 4 rings (SSSR count). The molecule has 1 fully saturated rings. The van der Waals surface area contributed by atoms with Crippen molar-refractivity contribution in [2.24, 2.45) is 0 Å². The zero-order valence-electron chi connectivity index (χ0n) is 17.3. The molecule has 0 bridgehead atoms. The van der Waals surface area contributed by atoms with E-state index in [0.29, 0.717) is 31.9 Å². The van der Waals surface area contributed by atoms with Crippen LogP contribution in [0.4, 0.5) is 20.2 Å². The summed E-state index contributed by atoms with van der Waals surface area (Å²) in [5.74, 6) is -1.34. The van der Waals surface area contributed by atoms with E-state index in [0.717, 1.165) is 17.8 Å². The smallest absolute Gasteiger partial charge is 0.270 e. The zero-order valence-corrected chi connectivity index (χ0v) is 19.6. The number of carbonyl (C=O) groups excluding carboxylic acids is 2. The molecule has 0 aromatic heterocycles.